The van der Waals surface area contributed by atoms with Crippen LogP contribution in [0.3, 0.4) is 0 Å². The van der Waals surface area contributed by atoms with Gasteiger partial charge in [0.25, 0.3) is 0 Å². The molecule has 1 aliphatic rings. The smallest absolute Gasteiger partial charge is 0.338 e. The maximum atomic E-state index is 13.0. The molecule has 6 heteroatoms. The molecule has 21 heavy (non-hydrogen) atoms. The molecule has 2 aromatic rings. The fourth-order valence-corrected chi connectivity index (χ4v) is 2.38. The van der Waals surface area contributed by atoms with E-state index in [1.807, 2.05) is 11.5 Å². The summed E-state index contributed by atoms with van der Waals surface area (Å²) in [5.41, 5.74) is 0.922. The Labute approximate surface area is 121 Å². The molecule has 1 fully saturated rings. The summed E-state index contributed by atoms with van der Waals surface area (Å²) in [6, 6.07) is 4.43. The van der Waals surface area contributed by atoms with Crippen molar-refractivity contribution in [3.8, 4) is 0 Å². The number of benzene rings is 1. The van der Waals surface area contributed by atoms with E-state index in [0.717, 1.165) is 18.7 Å². The molecular weight excluding hydrogens is 273 g/mol. The van der Waals surface area contributed by atoms with Crippen LogP contribution in [0.1, 0.15) is 46.5 Å². The maximum Gasteiger partial charge on any atom is 0.338 e. The summed E-state index contributed by atoms with van der Waals surface area (Å²) in [5, 5.41) is 8.08. The van der Waals surface area contributed by atoms with E-state index in [4.69, 9.17) is 4.74 Å². The molecule has 0 unspecified atom stereocenters. The van der Waals surface area contributed by atoms with E-state index >= 15 is 0 Å². The van der Waals surface area contributed by atoms with Gasteiger partial charge >= 0.3 is 5.97 Å². The van der Waals surface area contributed by atoms with Crippen molar-refractivity contribution < 1.29 is 13.9 Å². The van der Waals surface area contributed by atoms with Crippen molar-refractivity contribution in [2.45, 2.75) is 39.3 Å². The van der Waals surface area contributed by atoms with Crippen molar-refractivity contribution in [2.24, 2.45) is 0 Å². The largest absolute Gasteiger partial charge is 0.454 e. The van der Waals surface area contributed by atoms with E-state index in [1.54, 1.807) is 6.92 Å². The lowest BCUT2D eigenvalue weighted by atomic mass is 10.1. The summed E-state index contributed by atoms with van der Waals surface area (Å²) in [5.74, 6) is 0.647. The molecule has 110 valence electrons. The lowest BCUT2D eigenvalue weighted by Crippen LogP contribution is -2.11. The van der Waals surface area contributed by atoms with Gasteiger partial charge in [-0.25, -0.2) is 9.18 Å². The fourth-order valence-electron chi connectivity index (χ4n) is 2.38. The van der Waals surface area contributed by atoms with Crippen LogP contribution in [0.25, 0.3) is 0 Å². The molecule has 0 bridgehead atoms. The minimum absolute atomic E-state index is 0.0764. The Bertz CT molecular complexity index is 692. The molecule has 0 aliphatic heterocycles. The Morgan fingerprint density at radius 1 is 1.38 bits per heavy atom. The molecule has 1 heterocycles. The van der Waals surface area contributed by atoms with E-state index in [0.29, 0.717) is 23.0 Å². The predicted molar refractivity (Wildman–Crippen MR) is 73.3 cm³/mol. The number of nitrogens with zero attached hydrogens (tertiary/aromatic N) is 3. The van der Waals surface area contributed by atoms with E-state index in [9.17, 15) is 9.18 Å². The van der Waals surface area contributed by atoms with Crippen LogP contribution in [0, 0.1) is 19.7 Å². The van der Waals surface area contributed by atoms with Gasteiger partial charge in [-0.1, -0.05) is 0 Å². The molecule has 0 saturated heterocycles. The number of aryl methyl sites for hydroxylation is 2. The molecule has 0 atom stereocenters. The Balaban J connectivity index is 1.71. The molecule has 1 saturated carbocycles. The van der Waals surface area contributed by atoms with Crippen LogP contribution < -0.4 is 0 Å². The summed E-state index contributed by atoms with van der Waals surface area (Å²) < 4.78 is 20.3. The highest BCUT2D eigenvalue weighted by atomic mass is 19.1. The van der Waals surface area contributed by atoms with Crippen LogP contribution in [0.4, 0.5) is 4.39 Å². The monoisotopic (exact) mass is 289 g/mol. The van der Waals surface area contributed by atoms with E-state index in [-0.39, 0.29) is 12.4 Å². The van der Waals surface area contributed by atoms with Gasteiger partial charge in [-0.15, -0.1) is 10.2 Å². The number of ether oxygens (including phenoxy) is 1. The zero-order chi connectivity index (χ0) is 15.0. The highest BCUT2D eigenvalue weighted by molar-refractivity contribution is 5.90. The van der Waals surface area contributed by atoms with Crippen LogP contribution in [0.2, 0.25) is 0 Å². The molecule has 1 aromatic carbocycles. The Hall–Kier alpha value is -2.24. The van der Waals surface area contributed by atoms with Gasteiger partial charge in [-0.05, 0) is 50.5 Å². The minimum atomic E-state index is -0.476. The van der Waals surface area contributed by atoms with Gasteiger partial charge in [0.15, 0.2) is 12.4 Å². The SMILES string of the molecule is Cc1cc(F)ccc1C(=O)OCc1nnc(C)n1C1CC1. The molecule has 0 N–H and O–H groups in total. The van der Waals surface area contributed by atoms with Crippen molar-refractivity contribution in [2.75, 3.05) is 0 Å². The molecule has 0 amide bonds. The van der Waals surface area contributed by atoms with Crippen molar-refractivity contribution in [1.29, 1.82) is 0 Å². The quantitative estimate of drug-likeness (QED) is 0.812. The van der Waals surface area contributed by atoms with Gasteiger partial charge in [0.1, 0.15) is 11.6 Å². The molecule has 5 nitrogen and oxygen atoms in total. The summed E-state index contributed by atoms with van der Waals surface area (Å²) in [4.78, 5) is 12.1. The zero-order valence-electron chi connectivity index (χ0n) is 12.0. The molecule has 1 aromatic heterocycles. The van der Waals surface area contributed by atoms with Crippen LogP contribution in [0.15, 0.2) is 18.2 Å². The van der Waals surface area contributed by atoms with E-state index in [2.05, 4.69) is 10.2 Å². The number of carbonyl (C=O) groups is 1. The van der Waals surface area contributed by atoms with Crippen molar-refractivity contribution in [1.82, 2.24) is 14.8 Å². The number of aromatic nitrogens is 3. The van der Waals surface area contributed by atoms with Crippen LogP contribution in [-0.2, 0) is 11.3 Å². The molecular formula is C15H16FN3O2. The second kappa shape index (κ2) is 5.27. The number of esters is 1. The topological polar surface area (TPSA) is 57.0 Å². The number of rotatable bonds is 4. The Kier molecular flexibility index (Phi) is 3.45. The van der Waals surface area contributed by atoms with Gasteiger partial charge in [0.05, 0.1) is 5.56 Å². The Morgan fingerprint density at radius 3 is 2.81 bits per heavy atom. The van der Waals surface area contributed by atoms with Crippen molar-refractivity contribution in [3.05, 3.63) is 46.8 Å². The molecule has 0 radical (unpaired) electrons. The van der Waals surface area contributed by atoms with E-state index < -0.39 is 5.97 Å². The van der Waals surface area contributed by atoms with Gasteiger partial charge in [-0.2, -0.15) is 0 Å². The first-order valence-electron chi connectivity index (χ1n) is 6.90. The number of hydrogen-bond acceptors (Lipinski definition) is 4. The summed E-state index contributed by atoms with van der Waals surface area (Å²) in [6.45, 7) is 3.64. The van der Waals surface area contributed by atoms with E-state index in [1.165, 1.54) is 18.2 Å². The Morgan fingerprint density at radius 2 is 2.14 bits per heavy atom. The highest BCUT2D eigenvalue weighted by Gasteiger charge is 2.28. The summed E-state index contributed by atoms with van der Waals surface area (Å²) in [6.07, 6.45) is 2.22. The minimum Gasteiger partial charge on any atom is -0.454 e. The fraction of sp³-hybridized carbons (Fsp3) is 0.400. The second-order valence-corrected chi connectivity index (χ2v) is 5.30. The van der Waals surface area contributed by atoms with Gasteiger partial charge < -0.3 is 9.30 Å². The molecule has 3 rings (SSSR count). The van der Waals surface area contributed by atoms with Gasteiger partial charge in [-0.3, -0.25) is 0 Å². The lowest BCUT2D eigenvalue weighted by molar-refractivity contribution is 0.0456. The summed E-state index contributed by atoms with van der Waals surface area (Å²) in [7, 11) is 0. The average molecular weight is 289 g/mol. The van der Waals surface area contributed by atoms with Crippen molar-refractivity contribution in [3.63, 3.8) is 0 Å². The average Bonchev–Trinajstić information content (AvgIpc) is 3.20. The highest BCUT2D eigenvalue weighted by Crippen LogP contribution is 2.36. The van der Waals surface area contributed by atoms with Crippen LogP contribution in [0.5, 0.6) is 0 Å². The van der Waals surface area contributed by atoms with Crippen LogP contribution in [-0.4, -0.2) is 20.7 Å². The third-order valence-electron chi connectivity index (χ3n) is 3.59. The second-order valence-electron chi connectivity index (χ2n) is 5.30. The third kappa shape index (κ3) is 2.79. The zero-order valence-corrected chi connectivity index (χ0v) is 12.0. The number of carbonyl (C=O) groups excluding carboxylic acids is 1. The first kappa shape index (κ1) is 13.7. The maximum absolute atomic E-state index is 13.0. The molecule has 0 spiro atoms. The predicted octanol–water partition coefficient (Wildman–Crippen LogP) is 2.73. The number of halogens is 1. The van der Waals surface area contributed by atoms with Gasteiger partial charge in [0.2, 0.25) is 0 Å². The van der Waals surface area contributed by atoms with Gasteiger partial charge in [0, 0.05) is 6.04 Å². The standard InChI is InChI=1S/C15H16FN3O2/c1-9-7-11(16)3-6-13(9)15(20)21-8-14-18-17-10(2)19(14)12-4-5-12/h3,6-7,12H,4-5,8H2,1-2H3. The molecule has 1 aliphatic carbocycles. The number of hydrogen-bond donors (Lipinski definition) is 0. The van der Waals surface area contributed by atoms with Crippen LogP contribution >= 0.6 is 0 Å². The third-order valence-corrected chi connectivity index (χ3v) is 3.59. The first-order chi connectivity index (χ1) is 10.1. The first-order valence-corrected chi connectivity index (χ1v) is 6.90. The summed E-state index contributed by atoms with van der Waals surface area (Å²) >= 11 is 0. The lowest BCUT2D eigenvalue weighted by Gasteiger charge is -2.09. The van der Waals surface area contributed by atoms with Crippen molar-refractivity contribution >= 4 is 5.97 Å². The normalized spacial score (nSPS) is 14.2.